The topological polar surface area (TPSA) is 86.2 Å². The smallest absolute Gasteiger partial charge is 0 e. The molecule has 0 N–H and O–H groups in total. The van der Waals surface area contributed by atoms with Crippen LogP contribution in [-0.2, 0) is 4.57 Å². The molecule has 0 rings (SSSR count). The predicted octanol–water partition coefficient (Wildman–Crippen LogP) is -2.82. The van der Waals surface area contributed by atoms with E-state index in [-0.39, 0.29) is 0 Å². The fourth-order valence-corrected chi connectivity index (χ4v) is 0. The molecule has 0 aromatic carbocycles. The van der Waals surface area contributed by atoms with Crippen LogP contribution in [0.4, 0.5) is 0 Å². The van der Waals surface area contributed by atoms with Crippen LogP contribution in [-0.4, -0.2) is 0 Å². The summed E-state index contributed by atoms with van der Waals surface area (Å²) in [7, 11) is -5.39. The normalized spacial score (nSPS) is 9.83. The fraction of sp³-hybridized carbons (Fsp3) is 0. The van der Waals surface area contributed by atoms with Gasteiger partial charge in [-0.25, -0.2) is 0 Å². The molecule has 0 unspecified atom stereocenters. The second-order valence-electron chi connectivity index (χ2n) is 0.447. The van der Waals surface area contributed by atoms with Crippen molar-refractivity contribution in [1.29, 1.82) is 0 Å². The van der Waals surface area contributed by atoms with Gasteiger partial charge in [-0.05, 0) is 0 Å². The van der Waals surface area contributed by atoms with Crippen molar-refractivity contribution in [3.8, 4) is 0 Å². The molecule has 6 heavy (non-hydrogen) atoms. The molecule has 0 aliphatic rings. The van der Waals surface area contributed by atoms with E-state index < -0.39 is 7.82 Å². The molecule has 0 aromatic rings. The largest absolute Gasteiger partial charge is 0.822 e. The number of hydrogen-bond donors (Lipinski definition) is 0. The molecular formula is CmO4P-3. The SMILES string of the molecule is O=P([O-])([O-])[O-].[Cm]. The van der Waals surface area contributed by atoms with Gasteiger partial charge in [-0.15, -0.1) is 0 Å². The summed E-state index contributed by atoms with van der Waals surface area (Å²) in [5, 5.41) is 0. The Morgan fingerprint density at radius 1 is 1.17 bits per heavy atom. The van der Waals surface area contributed by atoms with Crippen LogP contribution >= 0.6 is 7.82 Å². The van der Waals surface area contributed by atoms with Crippen LogP contribution < -0.4 is 14.7 Å². The molecule has 0 atom stereocenters. The molecule has 0 aliphatic carbocycles. The van der Waals surface area contributed by atoms with Crippen LogP contribution in [0.1, 0.15) is 0 Å². The summed E-state index contributed by atoms with van der Waals surface area (Å²) in [6.45, 7) is 0. The van der Waals surface area contributed by atoms with Gasteiger partial charge < -0.3 is 19.2 Å². The maximum Gasteiger partial charge on any atom is 0 e. The fourth-order valence-electron chi connectivity index (χ4n) is 0. The Bertz CT molecular complexity index is 53.7. The molecule has 0 bridgehead atoms. The zero-order valence-corrected chi connectivity index (χ0v) is 6.27. The van der Waals surface area contributed by atoms with Crippen LogP contribution in [0, 0.1) is 0 Å². The van der Waals surface area contributed by atoms with E-state index in [1.807, 2.05) is 0 Å². The van der Waals surface area contributed by atoms with E-state index in [1.54, 1.807) is 0 Å². The van der Waals surface area contributed by atoms with Crippen molar-refractivity contribution in [3.63, 3.8) is 0 Å². The van der Waals surface area contributed by atoms with Crippen LogP contribution in [0.2, 0.25) is 0 Å². The molecule has 0 heterocycles. The summed E-state index contributed by atoms with van der Waals surface area (Å²) in [6.07, 6.45) is 0. The van der Waals surface area contributed by atoms with Crippen molar-refractivity contribution in [2.45, 2.75) is 0 Å². The molecule has 4 nitrogen and oxygen atoms in total. The van der Waals surface area contributed by atoms with Gasteiger partial charge in [-0.3, -0.25) is 0 Å². The number of rotatable bonds is 0. The van der Waals surface area contributed by atoms with Crippen molar-refractivity contribution >= 4 is 7.82 Å². The Labute approximate surface area is 28.3 Å². The van der Waals surface area contributed by atoms with Gasteiger partial charge in [0.05, 0.1) is 0 Å². The zero-order valence-electron chi connectivity index (χ0n) is 2.43. The van der Waals surface area contributed by atoms with E-state index in [2.05, 4.69) is 0 Å². The van der Waals surface area contributed by atoms with E-state index >= 15 is 0 Å². The monoisotopic (exact) mass is 338 g/mol. The van der Waals surface area contributed by atoms with E-state index in [9.17, 15) is 0 Å². The van der Waals surface area contributed by atoms with Crippen LogP contribution in [0.3, 0.4) is 0 Å². The van der Waals surface area contributed by atoms with Crippen LogP contribution in [0.5, 0.6) is 0 Å². The first-order valence-electron chi connectivity index (χ1n) is 0.730. The standard InChI is InChI=1S/Cm.H3O4P/c;1-5(2,3)4/h;(H3,1,2,3,4)/p-3. The molecule has 0 amide bonds. The Hall–Kier alpha value is -0.890. The van der Waals surface area contributed by atoms with E-state index in [0.29, 0.717) is 0 Å². The Kier molecular flexibility index (Phi) is 2.26. The molecule has 0 radical (unpaired) electrons. The van der Waals surface area contributed by atoms with Crippen molar-refractivity contribution in [3.05, 3.63) is 0 Å². The maximum atomic E-state index is 8.55. The predicted molar refractivity (Wildman–Crippen MR) is 7.61 cm³/mol. The van der Waals surface area contributed by atoms with Gasteiger partial charge in [0.25, 0.3) is 0 Å². The molecule has 6 heteroatoms. The minimum absolute atomic E-state index is 0. The summed E-state index contributed by atoms with van der Waals surface area (Å²) in [5.74, 6) is 0. The van der Waals surface area contributed by atoms with Crippen LogP contribution in [0.15, 0.2) is 0 Å². The Morgan fingerprint density at radius 2 is 1.17 bits per heavy atom. The average molecular weight is 342 g/mol. The van der Waals surface area contributed by atoms with Gasteiger partial charge in [0.15, 0.2) is 0 Å². The average Bonchev–Trinajstić information content (AvgIpc) is 0.722. The maximum absolute atomic E-state index is 8.55. The summed E-state index contributed by atoms with van der Waals surface area (Å²) in [5.41, 5.74) is 0. The Balaban J connectivity index is 0. The first kappa shape index (κ1) is 8.92. The van der Waals surface area contributed by atoms with Gasteiger partial charge in [0.2, 0.25) is 0 Å². The van der Waals surface area contributed by atoms with Crippen molar-refractivity contribution < 1.29 is 19.2 Å². The first-order valence-corrected chi connectivity index (χ1v) is 2.19. The molecule has 0 saturated carbocycles. The molecule has 0 spiro atoms. The van der Waals surface area contributed by atoms with Crippen LogP contribution in [0.25, 0.3) is 0 Å². The third-order valence-electron chi connectivity index (χ3n) is 0. The molecular weight excluding hydrogens is 342 g/mol. The van der Waals surface area contributed by atoms with Gasteiger partial charge in [0, 0.05) is 0 Å². The first-order chi connectivity index (χ1) is 2.00. The summed E-state index contributed by atoms with van der Waals surface area (Å²) >= 11 is 0. The molecule has 0 aliphatic heterocycles. The molecule has 0 aromatic heterocycles. The summed E-state index contributed by atoms with van der Waals surface area (Å²) in [6, 6.07) is 0. The third-order valence-corrected chi connectivity index (χ3v) is 0. The zero-order chi connectivity index (χ0) is 4.50. The van der Waals surface area contributed by atoms with Crippen molar-refractivity contribution in [2.24, 2.45) is 0 Å². The minimum Gasteiger partial charge on any atom is -0.822 e. The van der Waals surface area contributed by atoms with Gasteiger partial charge in [-0.2, -0.15) is 7.82 Å². The summed E-state index contributed by atoms with van der Waals surface area (Å²) in [4.78, 5) is 25.6. The van der Waals surface area contributed by atoms with E-state index in [0.717, 1.165) is 0 Å². The number of hydrogen-bond acceptors (Lipinski definition) is 4. The quantitative estimate of drug-likeness (QED) is 0.445. The second-order valence-corrected chi connectivity index (χ2v) is 1.34. The Morgan fingerprint density at radius 3 is 1.17 bits per heavy atom. The van der Waals surface area contributed by atoms with Gasteiger partial charge in [-0.1, -0.05) is 0 Å². The van der Waals surface area contributed by atoms with E-state index in [1.165, 1.54) is 0 Å². The second kappa shape index (κ2) is 1.52. The van der Waals surface area contributed by atoms with Crippen molar-refractivity contribution in [2.75, 3.05) is 0 Å². The molecule has 40 valence electrons. The van der Waals surface area contributed by atoms with Crippen molar-refractivity contribution in [1.82, 2.24) is 0 Å². The molecule has 0 saturated heterocycles. The minimum atomic E-state index is -5.39. The van der Waals surface area contributed by atoms with E-state index in [4.69, 9.17) is 19.2 Å². The van der Waals surface area contributed by atoms with Gasteiger partial charge in [0.1, 0.15) is 0 Å². The molecule has 0 fully saturated rings. The third kappa shape index (κ3) is 17.5. The summed E-state index contributed by atoms with van der Waals surface area (Å²) < 4.78 is 8.55. The van der Waals surface area contributed by atoms with Gasteiger partial charge >= 0.3 is 0 Å². The number of phosphoric acid groups is 1.